The van der Waals surface area contributed by atoms with Crippen molar-refractivity contribution in [1.29, 1.82) is 0 Å². The third kappa shape index (κ3) is 4.93. The summed E-state index contributed by atoms with van der Waals surface area (Å²) in [5.74, 6) is 0. The van der Waals surface area contributed by atoms with Gasteiger partial charge in [-0.1, -0.05) is 91.0 Å². The van der Waals surface area contributed by atoms with E-state index < -0.39 is 0 Å². The maximum absolute atomic E-state index is 4.12. The molecule has 0 atom stereocenters. The van der Waals surface area contributed by atoms with Crippen LogP contribution in [0, 0.1) is 0 Å². The highest BCUT2D eigenvalue weighted by Gasteiger charge is 2.10. The van der Waals surface area contributed by atoms with E-state index in [1.54, 1.807) is 0 Å². The van der Waals surface area contributed by atoms with Crippen molar-refractivity contribution < 1.29 is 0 Å². The van der Waals surface area contributed by atoms with Gasteiger partial charge in [0.25, 0.3) is 0 Å². The van der Waals surface area contributed by atoms with Gasteiger partial charge >= 0.3 is 0 Å². The summed E-state index contributed by atoms with van der Waals surface area (Å²) >= 11 is 0. The minimum absolute atomic E-state index is 0.901. The normalized spacial score (nSPS) is 11.2. The second-order valence-electron chi connectivity index (χ2n) is 8.25. The van der Waals surface area contributed by atoms with Crippen LogP contribution >= 0.6 is 0 Å². The Bertz CT molecular complexity index is 1280. The Morgan fingerprint density at radius 2 is 1.03 bits per heavy atom. The maximum atomic E-state index is 4.12. The van der Waals surface area contributed by atoms with Crippen LogP contribution in [-0.4, -0.2) is 9.88 Å². The molecule has 0 unspecified atom stereocenters. The molecule has 1 heterocycles. The molecule has 0 saturated heterocycles. The Morgan fingerprint density at radius 1 is 0.469 bits per heavy atom. The van der Waals surface area contributed by atoms with Gasteiger partial charge in [-0.05, 0) is 56.8 Å². The van der Waals surface area contributed by atoms with Crippen LogP contribution in [0.25, 0.3) is 21.9 Å². The van der Waals surface area contributed by atoms with Crippen molar-refractivity contribution >= 4 is 10.8 Å². The number of rotatable bonds is 7. The quantitative estimate of drug-likeness (QED) is 0.282. The molecule has 0 aliphatic heterocycles. The molecule has 0 radical (unpaired) electrons. The van der Waals surface area contributed by atoms with Crippen LogP contribution in [-0.2, 0) is 19.6 Å². The van der Waals surface area contributed by atoms with Gasteiger partial charge < -0.3 is 0 Å². The Balaban J connectivity index is 1.38. The number of pyridine rings is 1. The molecule has 0 fully saturated rings. The van der Waals surface area contributed by atoms with Gasteiger partial charge in [0.05, 0.1) is 0 Å². The second kappa shape index (κ2) is 9.59. The predicted octanol–water partition coefficient (Wildman–Crippen LogP) is 7.10. The molecule has 0 N–H and O–H groups in total. The van der Waals surface area contributed by atoms with Crippen molar-refractivity contribution in [3.8, 4) is 11.1 Å². The summed E-state index contributed by atoms with van der Waals surface area (Å²) in [6, 6.07) is 39.1. The number of hydrogen-bond donors (Lipinski definition) is 0. The van der Waals surface area contributed by atoms with E-state index in [0.717, 1.165) is 19.6 Å². The van der Waals surface area contributed by atoms with Gasteiger partial charge in [0.2, 0.25) is 0 Å². The van der Waals surface area contributed by atoms with Gasteiger partial charge in [0, 0.05) is 32.0 Å². The SMILES string of the molecule is c1ccc(CN(Cc2ccc(-c3ccncc3)cc2)Cc2ccc3ccccc3c2)cc1. The van der Waals surface area contributed by atoms with Crippen molar-refractivity contribution in [2.45, 2.75) is 19.6 Å². The largest absolute Gasteiger partial charge is 0.291 e. The van der Waals surface area contributed by atoms with Crippen LogP contribution in [0.1, 0.15) is 16.7 Å². The standard InChI is InChI=1S/C30H26N2/c1-2-6-24(7-3-1)21-32(23-26-12-15-27-8-4-5-9-30(27)20-26)22-25-10-13-28(14-11-25)29-16-18-31-19-17-29/h1-20H,21-23H2. The molecule has 0 bridgehead atoms. The van der Waals surface area contributed by atoms with E-state index in [-0.39, 0.29) is 0 Å². The van der Waals surface area contributed by atoms with Gasteiger partial charge in [-0.25, -0.2) is 0 Å². The summed E-state index contributed by atoms with van der Waals surface area (Å²) in [6.07, 6.45) is 3.68. The van der Waals surface area contributed by atoms with E-state index in [1.807, 2.05) is 12.4 Å². The van der Waals surface area contributed by atoms with Gasteiger partial charge in [0.15, 0.2) is 0 Å². The lowest BCUT2D eigenvalue weighted by Crippen LogP contribution is -2.22. The average molecular weight is 415 g/mol. The van der Waals surface area contributed by atoms with E-state index in [9.17, 15) is 0 Å². The van der Waals surface area contributed by atoms with Crippen molar-refractivity contribution in [2.24, 2.45) is 0 Å². The second-order valence-corrected chi connectivity index (χ2v) is 8.25. The third-order valence-corrected chi connectivity index (χ3v) is 5.84. The van der Waals surface area contributed by atoms with E-state index in [0.29, 0.717) is 0 Å². The lowest BCUT2D eigenvalue weighted by atomic mass is 10.0. The zero-order valence-electron chi connectivity index (χ0n) is 18.1. The predicted molar refractivity (Wildman–Crippen MR) is 133 cm³/mol. The highest BCUT2D eigenvalue weighted by molar-refractivity contribution is 5.83. The van der Waals surface area contributed by atoms with E-state index in [1.165, 1.54) is 38.6 Å². The molecule has 5 rings (SSSR count). The molecule has 4 aromatic carbocycles. The molecule has 0 aliphatic carbocycles. The lowest BCUT2D eigenvalue weighted by Gasteiger charge is -2.23. The minimum Gasteiger partial charge on any atom is -0.291 e. The van der Waals surface area contributed by atoms with Crippen LogP contribution in [0.4, 0.5) is 0 Å². The van der Waals surface area contributed by atoms with Crippen molar-refractivity contribution in [2.75, 3.05) is 0 Å². The highest BCUT2D eigenvalue weighted by atomic mass is 15.1. The Hall–Kier alpha value is -3.75. The van der Waals surface area contributed by atoms with Gasteiger partial charge in [-0.15, -0.1) is 0 Å². The van der Waals surface area contributed by atoms with Gasteiger partial charge in [-0.2, -0.15) is 0 Å². The first-order valence-electron chi connectivity index (χ1n) is 11.1. The first-order chi connectivity index (χ1) is 15.8. The topological polar surface area (TPSA) is 16.1 Å². The molecule has 156 valence electrons. The summed E-state index contributed by atoms with van der Waals surface area (Å²) in [5.41, 5.74) is 6.42. The van der Waals surface area contributed by atoms with Crippen LogP contribution in [0.3, 0.4) is 0 Å². The Morgan fingerprint density at radius 3 is 1.78 bits per heavy atom. The summed E-state index contributed by atoms with van der Waals surface area (Å²) in [6.45, 7) is 2.73. The number of hydrogen-bond acceptors (Lipinski definition) is 2. The fraction of sp³-hybridized carbons (Fsp3) is 0.100. The summed E-state index contributed by atoms with van der Waals surface area (Å²) in [5, 5.41) is 2.59. The number of benzene rings is 4. The molecule has 32 heavy (non-hydrogen) atoms. The maximum Gasteiger partial charge on any atom is 0.0273 e. The third-order valence-electron chi connectivity index (χ3n) is 5.84. The Kier molecular flexibility index (Phi) is 6.04. The van der Waals surface area contributed by atoms with E-state index in [4.69, 9.17) is 0 Å². The lowest BCUT2D eigenvalue weighted by molar-refractivity contribution is 0.248. The molecule has 0 spiro atoms. The highest BCUT2D eigenvalue weighted by Crippen LogP contribution is 2.22. The van der Waals surface area contributed by atoms with E-state index in [2.05, 4.69) is 119 Å². The van der Waals surface area contributed by atoms with Gasteiger partial charge in [0.1, 0.15) is 0 Å². The van der Waals surface area contributed by atoms with Crippen LogP contribution < -0.4 is 0 Å². The number of aromatic nitrogens is 1. The molecular formula is C30H26N2. The average Bonchev–Trinajstić information content (AvgIpc) is 2.85. The molecule has 0 amide bonds. The summed E-state index contributed by atoms with van der Waals surface area (Å²) in [7, 11) is 0. The summed E-state index contributed by atoms with van der Waals surface area (Å²) in [4.78, 5) is 6.63. The zero-order valence-corrected chi connectivity index (χ0v) is 18.1. The zero-order chi connectivity index (χ0) is 21.6. The van der Waals surface area contributed by atoms with Gasteiger partial charge in [-0.3, -0.25) is 9.88 Å². The molecule has 2 heteroatoms. The van der Waals surface area contributed by atoms with Crippen LogP contribution in [0.15, 0.2) is 122 Å². The fourth-order valence-electron chi connectivity index (χ4n) is 4.21. The molecule has 0 aliphatic rings. The molecule has 0 saturated carbocycles. The molecule has 5 aromatic rings. The first kappa shape index (κ1) is 20.2. The van der Waals surface area contributed by atoms with Crippen molar-refractivity contribution in [3.63, 3.8) is 0 Å². The number of nitrogens with zero attached hydrogens (tertiary/aromatic N) is 2. The Labute approximate surface area is 189 Å². The van der Waals surface area contributed by atoms with Crippen LogP contribution in [0.2, 0.25) is 0 Å². The van der Waals surface area contributed by atoms with Crippen molar-refractivity contribution in [3.05, 3.63) is 138 Å². The number of fused-ring (bicyclic) bond motifs is 1. The molecule has 1 aromatic heterocycles. The minimum atomic E-state index is 0.901. The fourth-order valence-corrected chi connectivity index (χ4v) is 4.21. The first-order valence-corrected chi connectivity index (χ1v) is 11.1. The molecular weight excluding hydrogens is 388 g/mol. The summed E-state index contributed by atoms with van der Waals surface area (Å²) < 4.78 is 0. The van der Waals surface area contributed by atoms with Crippen molar-refractivity contribution in [1.82, 2.24) is 9.88 Å². The molecule has 2 nitrogen and oxygen atoms in total. The smallest absolute Gasteiger partial charge is 0.0273 e. The van der Waals surface area contributed by atoms with E-state index >= 15 is 0 Å². The monoisotopic (exact) mass is 414 g/mol. The van der Waals surface area contributed by atoms with Crippen LogP contribution in [0.5, 0.6) is 0 Å².